The van der Waals surface area contributed by atoms with Crippen LogP contribution in [0.15, 0.2) is 65.8 Å². The molecule has 0 radical (unpaired) electrons. The van der Waals surface area contributed by atoms with Crippen molar-refractivity contribution in [1.29, 1.82) is 0 Å². The second-order valence-corrected chi connectivity index (χ2v) is 8.21. The van der Waals surface area contributed by atoms with Gasteiger partial charge in [0.15, 0.2) is 17.3 Å². The van der Waals surface area contributed by atoms with Crippen LogP contribution in [-0.2, 0) is 11.3 Å². The molecule has 2 aromatic heterocycles. The first-order chi connectivity index (χ1) is 16.8. The quantitative estimate of drug-likeness (QED) is 0.388. The van der Waals surface area contributed by atoms with Gasteiger partial charge in [0, 0.05) is 40.9 Å². The number of nitrogens with zero attached hydrogens (tertiary/aromatic N) is 2. The second kappa shape index (κ2) is 9.99. The summed E-state index contributed by atoms with van der Waals surface area (Å²) in [7, 11) is 2.93. The molecule has 0 spiro atoms. The Bertz CT molecular complexity index is 1500. The van der Waals surface area contributed by atoms with Gasteiger partial charge >= 0.3 is 0 Å². The van der Waals surface area contributed by atoms with Crippen molar-refractivity contribution in [3.8, 4) is 11.5 Å². The van der Waals surface area contributed by atoms with E-state index in [1.807, 2.05) is 6.92 Å². The Labute approximate surface area is 206 Å². The van der Waals surface area contributed by atoms with E-state index in [1.165, 1.54) is 55.6 Å². The third kappa shape index (κ3) is 4.88. The molecule has 35 heavy (non-hydrogen) atoms. The fourth-order valence-electron chi connectivity index (χ4n) is 3.69. The summed E-state index contributed by atoms with van der Waals surface area (Å²) < 4.78 is 12.3. The Kier molecular flexibility index (Phi) is 6.84. The van der Waals surface area contributed by atoms with Crippen molar-refractivity contribution < 1.29 is 19.1 Å². The van der Waals surface area contributed by atoms with E-state index in [0.717, 1.165) is 5.56 Å². The Balaban J connectivity index is 1.82. The summed E-state index contributed by atoms with van der Waals surface area (Å²) in [6.07, 6.45) is 4.34. The molecule has 0 fully saturated rings. The van der Waals surface area contributed by atoms with Crippen molar-refractivity contribution in [1.82, 2.24) is 9.55 Å². The summed E-state index contributed by atoms with van der Waals surface area (Å²) >= 11 is 6.17. The van der Waals surface area contributed by atoms with Crippen LogP contribution in [0, 0.1) is 6.92 Å². The lowest BCUT2D eigenvalue weighted by molar-refractivity contribution is -0.116. The zero-order chi connectivity index (χ0) is 25.1. The topological polar surface area (TPSA) is 99.5 Å². The summed E-state index contributed by atoms with van der Waals surface area (Å²) in [5.41, 5.74) is 1.57. The normalized spacial score (nSPS) is 10.7. The molecule has 0 saturated heterocycles. The van der Waals surface area contributed by atoms with Crippen molar-refractivity contribution in [3.63, 3.8) is 0 Å². The highest BCUT2D eigenvalue weighted by atomic mass is 35.5. The highest BCUT2D eigenvalue weighted by Gasteiger charge is 2.20. The molecule has 0 bridgehead atoms. The van der Waals surface area contributed by atoms with Crippen molar-refractivity contribution in [2.24, 2.45) is 0 Å². The van der Waals surface area contributed by atoms with Gasteiger partial charge in [-0.25, -0.2) is 0 Å². The SMILES string of the molecule is COc1cc2c(=O)c(C(=O)c3ccncc3)cn(CC(=O)Nc3ccc(C)c(Cl)c3)c2cc1OC. The standard InChI is InChI=1S/C26H22ClN3O5/c1-15-4-5-17(10-20(15)27)29-24(31)14-30-13-19(25(32)16-6-8-28-9-7-16)26(33)18-11-22(34-2)23(35-3)12-21(18)30/h4-13H,14H2,1-3H3,(H,29,31). The lowest BCUT2D eigenvalue weighted by atomic mass is 10.0. The largest absolute Gasteiger partial charge is 0.493 e. The summed E-state index contributed by atoms with van der Waals surface area (Å²) in [4.78, 5) is 43.4. The summed E-state index contributed by atoms with van der Waals surface area (Å²) in [5, 5.41) is 3.54. The number of ketones is 1. The molecule has 0 unspecified atom stereocenters. The first-order valence-electron chi connectivity index (χ1n) is 10.6. The minimum absolute atomic E-state index is 0.0814. The number of hydrogen-bond acceptors (Lipinski definition) is 6. The van der Waals surface area contributed by atoms with Crippen molar-refractivity contribution >= 4 is 39.9 Å². The summed E-state index contributed by atoms with van der Waals surface area (Å²) in [6, 6.07) is 11.4. The van der Waals surface area contributed by atoms with Crippen molar-refractivity contribution in [3.05, 3.63) is 93.0 Å². The maximum atomic E-state index is 13.3. The van der Waals surface area contributed by atoms with Gasteiger partial charge in [-0.05, 0) is 42.8 Å². The van der Waals surface area contributed by atoms with Gasteiger partial charge in [-0.15, -0.1) is 0 Å². The molecular formula is C26H22ClN3O5. The lowest BCUT2D eigenvalue weighted by Gasteiger charge is -2.16. The Morgan fingerprint density at radius 1 is 1.03 bits per heavy atom. The van der Waals surface area contributed by atoms with Gasteiger partial charge in [-0.2, -0.15) is 0 Å². The summed E-state index contributed by atoms with van der Waals surface area (Å²) in [5.74, 6) is -0.136. The van der Waals surface area contributed by atoms with E-state index < -0.39 is 11.2 Å². The van der Waals surface area contributed by atoms with Crippen LogP contribution in [0.4, 0.5) is 5.69 Å². The Hall–Kier alpha value is -4.17. The van der Waals surface area contributed by atoms with Crippen LogP contribution in [0.5, 0.6) is 11.5 Å². The molecule has 9 heteroatoms. The average Bonchev–Trinajstić information content (AvgIpc) is 2.87. The van der Waals surface area contributed by atoms with Crippen LogP contribution in [0.3, 0.4) is 0 Å². The second-order valence-electron chi connectivity index (χ2n) is 7.80. The van der Waals surface area contributed by atoms with E-state index in [4.69, 9.17) is 21.1 Å². The maximum Gasteiger partial charge on any atom is 0.244 e. The number of fused-ring (bicyclic) bond motifs is 1. The van der Waals surface area contributed by atoms with Crippen LogP contribution >= 0.6 is 11.6 Å². The zero-order valence-electron chi connectivity index (χ0n) is 19.3. The molecule has 0 atom stereocenters. The number of rotatable bonds is 7. The van der Waals surface area contributed by atoms with E-state index >= 15 is 0 Å². The fourth-order valence-corrected chi connectivity index (χ4v) is 3.87. The molecule has 2 heterocycles. The molecule has 8 nitrogen and oxygen atoms in total. The monoisotopic (exact) mass is 491 g/mol. The Morgan fingerprint density at radius 2 is 1.71 bits per heavy atom. The molecule has 0 aliphatic heterocycles. The number of nitrogens with one attached hydrogen (secondary N) is 1. The molecule has 1 amide bonds. The molecule has 178 valence electrons. The van der Waals surface area contributed by atoms with Crippen LogP contribution in [0.1, 0.15) is 21.5 Å². The first-order valence-corrected chi connectivity index (χ1v) is 11.0. The predicted molar refractivity (Wildman–Crippen MR) is 134 cm³/mol. The van der Waals surface area contributed by atoms with E-state index in [-0.39, 0.29) is 23.4 Å². The number of pyridine rings is 2. The molecule has 0 aliphatic rings. The third-order valence-corrected chi connectivity index (χ3v) is 5.95. The lowest BCUT2D eigenvalue weighted by Crippen LogP contribution is -2.24. The number of amides is 1. The fraction of sp³-hybridized carbons (Fsp3) is 0.154. The predicted octanol–water partition coefficient (Wildman–Crippen LogP) is 4.25. The van der Waals surface area contributed by atoms with Crippen molar-refractivity contribution in [2.75, 3.05) is 19.5 Å². The van der Waals surface area contributed by atoms with E-state index in [2.05, 4.69) is 10.3 Å². The van der Waals surface area contributed by atoms with Gasteiger partial charge in [-0.3, -0.25) is 19.4 Å². The van der Waals surface area contributed by atoms with Crippen LogP contribution in [0.25, 0.3) is 10.9 Å². The van der Waals surface area contributed by atoms with Gasteiger partial charge < -0.3 is 19.4 Å². The van der Waals surface area contributed by atoms with Crippen LogP contribution in [0.2, 0.25) is 5.02 Å². The zero-order valence-corrected chi connectivity index (χ0v) is 20.1. The van der Waals surface area contributed by atoms with Gasteiger partial charge in [0.05, 0.1) is 30.7 Å². The highest BCUT2D eigenvalue weighted by molar-refractivity contribution is 6.31. The van der Waals surface area contributed by atoms with E-state index in [0.29, 0.717) is 33.3 Å². The number of carbonyl (C=O) groups is 2. The van der Waals surface area contributed by atoms with E-state index in [1.54, 1.807) is 24.3 Å². The number of halogens is 1. The number of carbonyl (C=O) groups excluding carboxylic acids is 2. The number of hydrogen-bond donors (Lipinski definition) is 1. The Morgan fingerprint density at radius 3 is 2.37 bits per heavy atom. The van der Waals surface area contributed by atoms with Gasteiger partial charge in [-0.1, -0.05) is 17.7 Å². The number of aromatic nitrogens is 2. The molecule has 4 rings (SSSR count). The third-order valence-electron chi connectivity index (χ3n) is 5.54. The number of ether oxygens (including phenoxy) is 2. The number of benzene rings is 2. The number of methoxy groups -OCH3 is 2. The van der Waals surface area contributed by atoms with Gasteiger partial charge in [0.1, 0.15) is 6.54 Å². The minimum atomic E-state index is -0.482. The number of aryl methyl sites for hydroxylation is 1. The molecule has 1 N–H and O–H groups in total. The van der Waals surface area contributed by atoms with Gasteiger partial charge in [0.2, 0.25) is 11.3 Å². The smallest absolute Gasteiger partial charge is 0.244 e. The van der Waals surface area contributed by atoms with E-state index in [9.17, 15) is 14.4 Å². The maximum absolute atomic E-state index is 13.3. The van der Waals surface area contributed by atoms with Crippen LogP contribution in [-0.4, -0.2) is 35.5 Å². The first kappa shape index (κ1) is 24.0. The van der Waals surface area contributed by atoms with Crippen molar-refractivity contribution in [2.45, 2.75) is 13.5 Å². The molecular weight excluding hydrogens is 470 g/mol. The van der Waals surface area contributed by atoms with Crippen LogP contribution < -0.4 is 20.2 Å². The average molecular weight is 492 g/mol. The molecule has 0 aliphatic carbocycles. The molecule has 4 aromatic rings. The van der Waals surface area contributed by atoms with Gasteiger partial charge in [0.25, 0.3) is 0 Å². The summed E-state index contributed by atoms with van der Waals surface area (Å²) in [6.45, 7) is 1.69. The molecule has 0 saturated carbocycles. The number of anilines is 1. The highest BCUT2D eigenvalue weighted by Crippen LogP contribution is 2.31. The molecule has 2 aromatic carbocycles. The minimum Gasteiger partial charge on any atom is -0.493 e.